The van der Waals surface area contributed by atoms with Gasteiger partial charge in [-0.15, -0.1) is 21.5 Å². The molecule has 460 valence electrons. The van der Waals surface area contributed by atoms with E-state index in [-0.39, 0.29) is 63.7 Å². The molecule has 0 aliphatic carbocycles. The molecule has 1 fully saturated rings. The fourth-order valence-corrected chi connectivity index (χ4v) is 12.0. The first kappa shape index (κ1) is 64.3. The predicted octanol–water partition coefficient (Wildman–Crippen LogP) is 9.71. The fraction of sp³-hybridized carbons (Fsp3) is 0.453. The third-order valence-corrected chi connectivity index (χ3v) is 17.0. The zero-order valence-corrected chi connectivity index (χ0v) is 52.3. The second-order valence-electron chi connectivity index (χ2n) is 21.0. The van der Waals surface area contributed by atoms with Crippen LogP contribution in [0, 0.1) is 20.8 Å². The molecule has 0 radical (unpaired) electrons. The molecule has 20 nitrogen and oxygen atoms in total. The van der Waals surface area contributed by atoms with E-state index in [0.29, 0.717) is 101 Å². The number of benzene rings is 4. The number of carbonyl (C=O) groups is 4. The van der Waals surface area contributed by atoms with E-state index in [9.17, 15) is 19.2 Å². The van der Waals surface area contributed by atoms with Crippen molar-refractivity contribution in [2.75, 3.05) is 95.3 Å². The van der Waals surface area contributed by atoms with Crippen LogP contribution >= 0.6 is 22.9 Å². The van der Waals surface area contributed by atoms with Crippen molar-refractivity contribution in [3.8, 4) is 39.5 Å². The van der Waals surface area contributed by atoms with E-state index in [1.165, 1.54) is 26.2 Å². The third kappa shape index (κ3) is 15.4. The highest BCUT2D eigenvalue weighted by Crippen LogP contribution is 2.43. The van der Waals surface area contributed by atoms with Gasteiger partial charge < -0.3 is 57.7 Å². The Morgan fingerprint density at radius 3 is 2.22 bits per heavy atom. The SMILES string of the molecule is CC[C@H](C(=O)N1CCCCC1C(=O)O[C@H](CCc1ccc(OC)c(OC)c1)c1cccc(OCC(=O)N(C)CCOCCOCCNC(=O)C[C@@H]2N=C(c3ccc(Cl)cc3)c3c(sc(C)c3C)-n3c(C)nnc32)c1)c1cc(OC)c(OC)c(OC)c1. The number of ether oxygens (including phenoxy) is 9. The number of hydrogen-bond acceptors (Lipinski definition) is 17. The number of aliphatic imine (C=N–C) groups is 1. The summed E-state index contributed by atoms with van der Waals surface area (Å²) in [4.78, 5) is 65.4. The van der Waals surface area contributed by atoms with Crippen LogP contribution in [0.3, 0.4) is 0 Å². The highest BCUT2D eigenvalue weighted by molar-refractivity contribution is 7.15. The van der Waals surface area contributed by atoms with E-state index >= 15 is 0 Å². The van der Waals surface area contributed by atoms with E-state index in [1.54, 1.807) is 67.8 Å². The van der Waals surface area contributed by atoms with Crippen LogP contribution in [0.15, 0.2) is 83.9 Å². The zero-order valence-electron chi connectivity index (χ0n) is 50.7. The number of rotatable bonds is 29. The minimum Gasteiger partial charge on any atom is -0.493 e. The monoisotopic (exact) mass is 1220 g/mol. The maximum absolute atomic E-state index is 14.6. The summed E-state index contributed by atoms with van der Waals surface area (Å²) in [7, 11) is 9.41. The number of likely N-dealkylation sites (N-methyl/N-ethyl adjacent to an activating group) is 1. The Balaban J connectivity index is 0.818. The number of fused-ring (bicyclic) bond motifs is 3. The summed E-state index contributed by atoms with van der Waals surface area (Å²) in [5.41, 5.74) is 6.05. The first-order valence-electron chi connectivity index (χ1n) is 28.9. The molecule has 0 spiro atoms. The van der Waals surface area contributed by atoms with Crippen LogP contribution in [0.5, 0.6) is 34.5 Å². The highest BCUT2D eigenvalue weighted by atomic mass is 35.5. The van der Waals surface area contributed by atoms with Gasteiger partial charge in [0.05, 0.1) is 80.0 Å². The number of halogens is 1. The van der Waals surface area contributed by atoms with Crippen molar-refractivity contribution in [2.24, 2.45) is 4.99 Å². The second-order valence-corrected chi connectivity index (χ2v) is 22.6. The van der Waals surface area contributed by atoms with Gasteiger partial charge in [-0.1, -0.05) is 48.9 Å². The van der Waals surface area contributed by atoms with Gasteiger partial charge in [0.25, 0.3) is 5.91 Å². The molecule has 22 heteroatoms. The Morgan fingerprint density at radius 2 is 1.52 bits per heavy atom. The van der Waals surface area contributed by atoms with Gasteiger partial charge in [0.1, 0.15) is 34.8 Å². The number of nitrogens with one attached hydrogen (secondary N) is 1. The summed E-state index contributed by atoms with van der Waals surface area (Å²) >= 11 is 7.92. The molecule has 2 aliphatic heterocycles. The lowest BCUT2D eigenvalue weighted by molar-refractivity contribution is -0.162. The average molecular weight is 1220 g/mol. The molecule has 8 rings (SSSR count). The Hall–Kier alpha value is -7.72. The maximum Gasteiger partial charge on any atom is 0.329 e. The van der Waals surface area contributed by atoms with Crippen molar-refractivity contribution in [3.05, 3.63) is 134 Å². The lowest BCUT2D eigenvalue weighted by atomic mass is 9.91. The van der Waals surface area contributed by atoms with E-state index < -0.39 is 30.1 Å². The third-order valence-electron chi connectivity index (χ3n) is 15.5. The van der Waals surface area contributed by atoms with Crippen LogP contribution in [0.1, 0.15) is 113 Å². The fourth-order valence-electron chi connectivity index (χ4n) is 10.7. The number of aryl methyl sites for hydroxylation is 3. The number of hydrogen-bond donors (Lipinski definition) is 1. The Bertz CT molecular complexity index is 3320. The first-order chi connectivity index (χ1) is 41.6. The van der Waals surface area contributed by atoms with Crippen molar-refractivity contribution in [1.29, 1.82) is 0 Å². The maximum atomic E-state index is 14.6. The van der Waals surface area contributed by atoms with Crippen molar-refractivity contribution in [2.45, 2.75) is 96.7 Å². The number of piperidine rings is 1. The van der Waals surface area contributed by atoms with Crippen molar-refractivity contribution >= 4 is 52.3 Å². The van der Waals surface area contributed by atoms with Gasteiger partial charge in [-0.05, 0) is 130 Å². The molecular weight excluding hydrogens is 1140 g/mol. The largest absolute Gasteiger partial charge is 0.493 e. The molecule has 4 aromatic carbocycles. The van der Waals surface area contributed by atoms with E-state index in [0.717, 1.165) is 50.7 Å². The first-order valence-corrected chi connectivity index (χ1v) is 30.1. The molecule has 4 atom stereocenters. The number of nitrogens with zero attached hydrogens (tertiary/aromatic N) is 6. The summed E-state index contributed by atoms with van der Waals surface area (Å²) < 4.78 is 53.9. The quantitative estimate of drug-likeness (QED) is 0.0342. The summed E-state index contributed by atoms with van der Waals surface area (Å²) in [5.74, 6) is 2.39. The van der Waals surface area contributed by atoms with Crippen LogP contribution in [0.4, 0.5) is 0 Å². The van der Waals surface area contributed by atoms with Gasteiger partial charge in [0.15, 0.2) is 35.4 Å². The van der Waals surface area contributed by atoms with Gasteiger partial charge >= 0.3 is 5.97 Å². The van der Waals surface area contributed by atoms with Crippen LogP contribution < -0.4 is 33.7 Å². The topological polar surface area (TPSA) is 213 Å². The van der Waals surface area contributed by atoms with Gasteiger partial charge in [-0.2, -0.15) is 0 Å². The molecule has 1 unspecified atom stereocenters. The number of esters is 1. The summed E-state index contributed by atoms with van der Waals surface area (Å²) in [6.07, 6.45) is 2.56. The van der Waals surface area contributed by atoms with Crippen LogP contribution in [-0.4, -0.2) is 155 Å². The minimum absolute atomic E-state index is 0.0576. The number of thiophene rings is 1. The Kier molecular flexibility index (Phi) is 22.9. The molecule has 1 saturated heterocycles. The van der Waals surface area contributed by atoms with Crippen molar-refractivity contribution in [3.63, 3.8) is 0 Å². The predicted molar refractivity (Wildman–Crippen MR) is 327 cm³/mol. The zero-order chi connectivity index (χ0) is 61.4. The van der Waals surface area contributed by atoms with E-state index in [4.69, 9.17) is 59.2 Å². The standard InChI is InChI=1S/C64H78ClN7O13S/c1-11-48(45-35-54(79-8)60(81-10)55(36-45)80-9)62(75)71-27-13-12-17-50(71)64(76)85-51(24-18-42-19-25-52(77-6)53(33-42)78-7)44-15-14-16-47(34-44)84-38-57(74)70(5)28-30-83-32-31-82-29-26-66-56(73)37-49-61-69-68-41(4)72(61)63-58(39(2)40(3)86-63)59(67-49)43-20-22-46(65)23-21-43/h14-16,19-23,25,33-36,48-51H,11-13,17-18,24,26-32,37-38H2,1-10H3,(H,66,73)/t48-,49-,50?,51+/m0/s1. The summed E-state index contributed by atoms with van der Waals surface area (Å²) in [6, 6.07) is 22.5. The lowest BCUT2D eigenvalue weighted by Gasteiger charge is -2.37. The molecule has 2 aliphatic rings. The molecule has 2 aromatic heterocycles. The van der Waals surface area contributed by atoms with Crippen molar-refractivity contribution in [1.82, 2.24) is 29.9 Å². The molecular formula is C64H78ClN7O13S. The number of carbonyl (C=O) groups excluding carboxylic acids is 4. The average Bonchev–Trinajstić information content (AvgIpc) is 1.72. The molecule has 86 heavy (non-hydrogen) atoms. The highest BCUT2D eigenvalue weighted by Gasteiger charge is 2.39. The summed E-state index contributed by atoms with van der Waals surface area (Å²) in [5, 5.41) is 13.4. The minimum atomic E-state index is -0.823. The molecule has 0 saturated carbocycles. The van der Waals surface area contributed by atoms with Gasteiger partial charge in [0.2, 0.25) is 17.6 Å². The van der Waals surface area contributed by atoms with Gasteiger partial charge in [-0.25, -0.2) is 4.79 Å². The molecule has 3 amide bonds. The van der Waals surface area contributed by atoms with Gasteiger partial charge in [-0.3, -0.25) is 23.9 Å². The Labute approximate surface area is 512 Å². The van der Waals surface area contributed by atoms with E-state index in [1.807, 2.05) is 66.9 Å². The van der Waals surface area contributed by atoms with Crippen LogP contribution in [-0.2, 0) is 39.8 Å². The van der Waals surface area contributed by atoms with Crippen LogP contribution in [0.25, 0.3) is 5.00 Å². The smallest absolute Gasteiger partial charge is 0.329 e. The molecule has 0 bridgehead atoms. The molecule has 1 N–H and O–H groups in total. The normalized spacial score (nSPS) is 15.2. The number of likely N-dealkylation sites (tertiary alicyclic amines) is 1. The summed E-state index contributed by atoms with van der Waals surface area (Å²) in [6.45, 7) is 9.82. The molecule has 6 aromatic rings. The Morgan fingerprint density at radius 1 is 0.802 bits per heavy atom. The van der Waals surface area contributed by atoms with Crippen LogP contribution in [0.2, 0.25) is 5.02 Å². The van der Waals surface area contributed by atoms with E-state index in [2.05, 4.69) is 29.4 Å². The second kappa shape index (κ2) is 30.6. The lowest BCUT2D eigenvalue weighted by Crippen LogP contribution is -2.50. The number of methoxy groups -OCH3 is 5. The number of aromatic nitrogens is 3. The van der Waals surface area contributed by atoms with Crippen molar-refractivity contribution < 1.29 is 61.8 Å². The molecule has 4 heterocycles. The van der Waals surface area contributed by atoms with Gasteiger partial charge in [0, 0.05) is 47.7 Å². The number of amides is 3.